The molecule has 0 aliphatic carbocycles. The van der Waals surface area contributed by atoms with Crippen molar-refractivity contribution in [1.29, 1.82) is 0 Å². The second-order valence-electron chi connectivity index (χ2n) is 23.4. The number of nitrogens with zero attached hydrogens (tertiary/aromatic N) is 2. The van der Waals surface area contributed by atoms with Crippen LogP contribution in [0.1, 0.15) is 58.2 Å². The van der Waals surface area contributed by atoms with Gasteiger partial charge in [-0.3, -0.25) is 9.80 Å². The third-order valence-electron chi connectivity index (χ3n) is 16.4. The second-order valence-corrected chi connectivity index (χ2v) is 23.4. The maximum Gasteiger partial charge on any atom is 0.262 e. The van der Waals surface area contributed by atoms with Crippen molar-refractivity contribution >= 4 is 101 Å². The monoisotopic (exact) mass is 1010 g/mol. The van der Waals surface area contributed by atoms with Gasteiger partial charge in [-0.1, -0.05) is 175 Å². The van der Waals surface area contributed by atoms with Gasteiger partial charge < -0.3 is 17.7 Å². The lowest BCUT2D eigenvalue weighted by Gasteiger charge is -2.41. The fraction of sp³-hybridized carbons (Fsp3) is 0.127. The van der Waals surface area contributed by atoms with Crippen LogP contribution in [0.4, 0.5) is 34.5 Å². The molecule has 0 fully saturated rings. The van der Waals surface area contributed by atoms with Crippen molar-refractivity contribution in [3.05, 3.63) is 223 Å². The summed E-state index contributed by atoms with van der Waals surface area (Å²) in [5.74, 6) is 1.58. The predicted molar refractivity (Wildman–Crippen MR) is 323 cm³/mol. The summed E-state index contributed by atoms with van der Waals surface area (Å²) in [7, 11) is 0. The Morgan fingerprint density at radius 1 is 0.346 bits per heavy atom. The van der Waals surface area contributed by atoms with E-state index in [9.17, 15) is 0 Å². The van der Waals surface area contributed by atoms with Gasteiger partial charge in [-0.25, -0.2) is 0 Å². The molecule has 0 spiro atoms. The van der Waals surface area contributed by atoms with Crippen LogP contribution in [0.25, 0.3) is 88.4 Å². The van der Waals surface area contributed by atoms with E-state index in [1.165, 1.54) is 16.6 Å². The minimum absolute atomic E-state index is 0.132. The molecule has 0 amide bonds. The molecule has 13 aromatic rings. The van der Waals surface area contributed by atoms with Crippen LogP contribution < -0.4 is 26.2 Å². The third kappa shape index (κ3) is 7.03. The van der Waals surface area contributed by atoms with Crippen molar-refractivity contribution in [2.45, 2.75) is 59.3 Å². The molecule has 7 heteroatoms. The Bertz CT molecular complexity index is 4270. The minimum atomic E-state index is -0.302. The van der Waals surface area contributed by atoms with Gasteiger partial charge in [-0.05, 0) is 123 Å². The van der Waals surface area contributed by atoms with Crippen molar-refractivity contribution in [3.63, 3.8) is 0 Å². The van der Waals surface area contributed by atoms with Crippen LogP contribution in [-0.2, 0) is 10.8 Å². The lowest BCUT2D eigenvalue weighted by molar-refractivity contribution is 0.589. The van der Waals surface area contributed by atoms with Crippen molar-refractivity contribution in [2.75, 3.05) is 9.80 Å². The molecular formula is C71H55BN2O4. The number of hydrogen-bond acceptors (Lipinski definition) is 6. The average molecular weight is 1010 g/mol. The lowest BCUT2D eigenvalue weighted by Crippen LogP contribution is -2.61. The molecule has 2 aliphatic heterocycles. The van der Waals surface area contributed by atoms with Gasteiger partial charge in [0.2, 0.25) is 11.8 Å². The first-order valence-electron chi connectivity index (χ1n) is 27.1. The Hall–Kier alpha value is -9.20. The molecule has 0 saturated heterocycles. The van der Waals surface area contributed by atoms with E-state index in [4.69, 9.17) is 17.7 Å². The number of aryl methyl sites for hydroxylation is 1. The zero-order chi connectivity index (χ0) is 52.8. The number of rotatable bonds is 6. The Balaban J connectivity index is 1.09. The number of hydrogen-bond donors (Lipinski definition) is 0. The molecule has 0 atom stereocenters. The van der Waals surface area contributed by atoms with E-state index in [1.54, 1.807) is 0 Å². The van der Waals surface area contributed by atoms with E-state index < -0.39 is 0 Å². The Morgan fingerprint density at radius 3 is 1.21 bits per heavy atom. The minimum Gasteiger partial charge on any atom is -0.464 e. The Labute approximate surface area is 453 Å². The van der Waals surface area contributed by atoms with Crippen molar-refractivity contribution < 1.29 is 17.7 Å². The van der Waals surface area contributed by atoms with Gasteiger partial charge in [0.05, 0.1) is 23.9 Å². The highest BCUT2D eigenvalue weighted by Crippen LogP contribution is 2.53. The van der Waals surface area contributed by atoms with E-state index >= 15 is 0 Å². The fourth-order valence-electron chi connectivity index (χ4n) is 12.5. The molecule has 9 aromatic carbocycles. The van der Waals surface area contributed by atoms with Gasteiger partial charge >= 0.3 is 0 Å². The average Bonchev–Trinajstić information content (AvgIpc) is 4.19. The maximum atomic E-state index is 7.53. The Kier molecular flexibility index (Phi) is 10.00. The van der Waals surface area contributed by atoms with Crippen molar-refractivity contribution in [1.82, 2.24) is 0 Å². The van der Waals surface area contributed by atoms with Crippen LogP contribution >= 0.6 is 0 Å². The number of anilines is 6. The number of furan rings is 4. The molecule has 0 N–H and O–H groups in total. The molecule has 0 saturated carbocycles. The van der Waals surface area contributed by atoms with Crippen LogP contribution in [0.15, 0.2) is 224 Å². The molecule has 0 unspecified atom stereocenters. The van der Waals surface area contributed by atoms with Gasteiger partial charge in [0.1, 0.15) is 22.3 Å². The van der Waals surface area contributed by atoms with Gasteiger partial charge in [-0.15, -0.1) is 0 Å². The number of benzene rings is 9. The SMILES string of the molecule is Cc1cc2c3c(c1)N(c1cc(-c4coc5ccccc45)ccc1-c1ccccc1)c1oc4ccc(C(C)(C)C)cc4c1B3c1c(oc3ccc(C(C)(C)C)cc13)N2c1cc(-c2coc3ccccc23)ccc1-c1ccccc1. The smallest absolute Gasteiger partial charge is 0.262 e. The van der Waals surface area contributed by atoms with Crippen LogP contribution in [0.5, 0.6) is 0 Å². The van der Waals surface area contributed by atoms with Gasteiger partial charge in [0.25, 0.3) is 6.71 Å². The van der Waals surface area contributed by atoms with E-state index in [0.29, 0.717) is 0 Å². The summed E-state index contributed by atoms with van der Waals surface area (Å²) in [4.78, 5) is 4.86. The van der Waals surface area contributed by atoms with Gasteiger partial charge in [0.15, 0.2) is 0 Å². The maximum absolute atomic E-state index is 7.53. The van der Waals surface area contributed by atoms with Crippen LogP contribution in [0.2, 0.25) is 0 Å². The van der Waals surface area contributed by atoms with E-state index in [0.717, 1.165) is 139 Å². The third-order valence-corrected chi connectivity index (χ3v) is 16.4. The number of para-hydroxylation sites is 2. The molecule has 4 aromatic heterocycles. The van der Waals surface area contributed by atoms with Crippen molar-refractivity contribution in [3.8, 4) is 44.5 Å². The molecule has 376 valence electrons. The zero-order valence-corrected chi connectivity index (χ0v) is 44.7. The first-order chi connectivity index (χ1) is 37.9. The van der Waals surface area contributed by atoms with Gasteiger partial charge in [-0.2, -0.15) is 0 Å². The first-order valence-corrected chi connectivity index (χ1v) is 27.1. The lowest BCUT2D eigenvalue weighted by atomic mass is 9.33. The van der Waals surface area contributed by atoms with Gasteiger partial charge in [0, 0.05) is 66.1 Å². The summed E-state index contributed by atoms with van der Waals surface area (Å²) in [5.41, 5.74) is 22.6. The molecule has 0 radical (unpaired) electrons. The summed E-state index contributed by atoms with van der Waals surface area (Å²) < 4.78 is 27.6. The summed E-state index contributed by atoms with van der Waals surface area (Å²) in [6.45, 7) is 15.7. The second kappa shape index (κ2) is 16.9. The zero-order valence-electron chi connectivity index (χ0n) is 44.7. The standard InChI is InChI=1S/C71H55BN2O4/c1-42-34-59-67-60(35-42)74(58-37-46(27-31-50(58)44-20-12-9-13-21-44)56-41-76-62-25-17-15-23-52(56)62)69-66(54-39-48(71(5,6)7)29-33-64(54)78-69)72(67)65-53-38-47(70(2,3)4)28-32-63(53)77-68(65)73(59)57-36-45(26-30-49(57)43-18-10-8-11-19-43)55-40-75-61-24-16-14-22-51(55)61/h8-41H,1-7H3. The van der Waals surface area contributed by atoms with Crippen LogP contribution in [0.3, 0.4) is 0 Å². The largest absolute Gasteiger partial charge is 0.464 e. The molecule has 0 bridgehead atoms. The summed E-state index contributed by atoms with van der Waals surface area (Å²) in [5, 5.41) is 4.29. The quantitative estimate of drug-likeness (QED) is 0.155. The number of fused-ring (bicyclic) bond motifs is 10. The van der Waals surface area contributed by atoms with Crippen LogP contribution in [-0.4, -0.2) is 6.71 Å². The van der Waals surface area contributed by atoms with E-state index in [1.807, 2.05) is 36.8 Å². The summed E-state index contributed by atoms with van der Waals surface area (Å²) in [6.07, 6.45) is 3.79. The van der Waals surface area contributed by atoms with Crippen molar-refractivity contribution in [2.24, 2.45) is 0 Å². The van der Waals surface area contributed by atoms with Crippen LogP contribution in [0, 0.1) is 6.92 Å². The first kappa shape index (κ1) is 46.1. The highest BCUT2D eigenvalue weighted by Gasteiger charge is 2.50. The normalized spacial score (nSPS) is 13.2. The fourth-order valence-corrected chi connectivity index (χ4v) is 12.5. The molecule has 2 aliphatic rings. The molecular weight excluding hydrogens is 956 g/mol. The highest BCUT2D eigenvalue weighted by atomic mass is 16.4. The van der Waals surface area contributed by atoms with E-state index in [2.05, 4.69) is 228 Å². The topological polar surface area (TPSA) is 59.0 Å². The molecule has 6 heterocycles. The molecule has 6 nitrogen and oxygen atoms in total. The van der Waals surface area contributed by atoms with E-state index in [-0.39, 0.29) is 17.5 Å². The summed E-state index contributed by atoms with van der Waals surface area (Å²) in [6, 6.07) is 70.1. The predicted octanol–water partition coefficient (Wildman–Crippen LogP) is 18.3. The molecule has 15 rings (SSSR count). The highest BCUT2D eigenvalue weighted by molar-refractivity contribution is 7.02. The molecule has 78 heavy (non-hydrogen) atoms. The summed E-state index contributed by atoms with van der Waals surface area (Å²) >= 11 is 0. The Morgan fingerprint density at radius 2 is 0.769 bits per heavy atom.